The first kappa shape index (κ1) is 23.8. The fourth-order valence-corrected chi connectivity index (χ4v) is 5.74. The van der Waals surface area contributed by atoms with Gasteiger partial charge in [0.1, 0.15) is 11.6 Å². The van der Waals surface area contributed by atoms with Crippen molar-refractivity contribution in [2.45, 2.75) is 32.3 Å². The molecule has 2 amide bonds. The number of nitrogens with zero attached hydrogens (tertiary/aromatic N) is 2. The van der Waals surface area contributed by atoms with Crippen LogP contribution in [0.4, 0.5) is 4.39 Å². The molecule has 5 rings (SSSR count). The number of fused-ring (bicyclic) bond motifs is 1. The number of likely N-dealkylation sites (tertiary alicyclic amines) is 1. The molecule has 2 aliphatic rings. The molecule has 0 saturated carbocycles. The molecule has 182 valence electrons. The van der Waals surface area contributed by atoms with Crippen LogP contribution < -0.4 is 10.1 Å². The molecule has 1 aromatic heterocycles. The Kier molecular flexibility index (Phi) is 6.32. The van der Waals surface area contributed by atoms with Gasteiger partial charge in [-0.1, -0.05) is 23.2 Å². The summed E-state index contributed by atoms with van der Waals surface area (Å²) in [6, 6.07) is 9.55. The Morgan fingerprint density at radius 3 is 2.51 bits per heavy atom. The normalized spacial score (nSPS) is 18.1. The SMILES string of the molecule is C[C@@H](Oc1ccc2c(-c3c(Cl)cc(F)cc3Cl)ccnc2c1)C(=O)N1CCC2(CCNC2=O)CC1. The van der Waals surface area contributed by atoms with E-state index in [9.17, 15) is 14.0 Å². The lowest BCUT2D eigenvalue weighted by molar-refractivity contribution is -0.143. The Bertz CT molecular complexity index is 1300. The van der Waals surface area contributed by atoms with Gasteiger partial charge in [0.15, 0.2) is 6.10 Å². The number of carbonyl (C=O) groups is 2. The Morgan fingerprint density at radius 2 is 1.86 bits per heavy atom. The number of amides is 2. The zero-order valence-electron chi connectivity index (χ0n) is 19.1. The number of hydrogen-bond acceptors (Lipinski definition) is 4. The van der Waals surface area contributed by atoms with Gasteiger partial charge in [0.2, 0.25) is 5.91 Å². The lowest BCUT2D eigenvalue weighted by atomic mass is 9.77. The highest BCUT2D eigenvalue weighted by atomic mass is 35.5. The van der Waals surface area contributed by atoms with Crippen LogP contribution in [0.5, 0.6) is 5.75 Å². The van der Waals surface area contributed by atoms with Crippen molar-refractivity contribution < 1.29 is 18.7 Å². The third-order valence-corrected chi connectivity index (χ3v) is 7.65. The van der Waals surface area contributed by atoms with E-state index in [0.717, 1.165) is 17.4 Å². The smallest absolute Gasteiger partial charge is 0.263 e. The molecule has 2 aliphatic heterocycles. The summed E-state index contributed by atoms with van der Waals surface area (Å²) in [4.78, 5) is 31.4. The Hall–Kier alpha value is -2.90. The summed E-state index contributed by atoms with van der Waals surface area (Å²) in [6.45, 7) is 3.52. The highest BCUT2D eigenvalue weighted by molar-refractivity contribution is 6.39. The van der Waals surface area contributed by atoms with Crippen molar-refractivity contribution in [3.8, 4) is 16.9 Å². The van der Waals surface area contributed by atoms with Gasteiger partial charge in [0, 0.05) is 42.8 Å². The molecule has 1 N–H and O–H groups in total. The van der Waals surface area contributed by atoms with Crippen molar-refractivity contribution in [2.75, 3.05) is 19.6 Å². The zero-order chi connectivity index (χ0) is 24.7. The predicted octanol–water partition coefficient (Wildman–Crippen LogP) is 5.24. The average Bonchev–Trinajstić information content (AvgIpc) is 3.17. The number of pyridine rings is 1. The summed E-state index contributed by atoms with van der Waals surface area (Å²) in [5.41, 5.74) is 1.55. The fraction of sp³-hybridized carbons (Fsp3) is 0.346. The van der Waals surface area contributed by atoms with Crippen molar-refractivity contribution in [3.05, 3.63) is 58.5 Å². The summed E-state index contributed by atoms with van der Waals surface area (Å²) in [6.07, 6.45) is 3.11. The third kappa shape index (κ3) is 4.43. The summed E-state index contributed by atoms with van der Waals surface area (Å²) in [7, 11) is 0. The summed E-state index contributed by atoms with van der Waals surface area (Å²) >= 11 is 12.6. The Labute approximate surface area is 212 Å². The first-order chi connectivity index (χ1) is 16.8. The first-order valence-corrected chi connectivity index (χ1v) is 12.3. The van der Waals surface area contributed by atoms with Crippen molar-refractivity contribution in [1.82, 2.24) is 15.2 Å². The minimum Gasteiger partial charge on any atom is -0.481 e. The number of benzene rings is 2. The summed E-state index contributed by atoms with van der Waals surface area (Å²) < 4.78 is 19.6. The van der Waals surface area contributed by atoms with Crippen LogP contribution in [0, 0.1) is 11.2 Å². The van der Waals surface area contributed by atoms with Crippen LogP contribution in [0.25, 0.3) is 22.0 Å². The van der Waals surface area contributed by atoms with Gasteiger partial charge in [-0.25, -0.2) is 4.39 Å². The molecule has 3 aromatic rings. The number of piperidine rings is 1. The molecule has 2 aromatic carbocycles. The lowest BCUT2D eigenvalue weighted by Gasteiger charge is -2.38. The molecule has 0 radical (unpaired) electrons. The molecule has 0 aliphatic carbocycles. The van der Waals surface area contributed by atoms with E-state index >= 15 is 0 Å². The van der Waals surface area contributed by atoms with E-state index < -0.39 is 11.9 Å². The van der Waals surface area contributed by atoms with E-state index in [1.807, 2.05) is 6.07 Å². The van der Waals surface area contributed by atoms with E-state index in [-0.39, 0.29) is 27.3 Å². The van der Waals surface area contributed by atoms with E-state index in [1.165, 1.54) is 12.1 Å². The molecule has 2 fully saturated rings. The predicted molar refractivity (Wildman–Crippen MR) is 133 cm³/mol. The Balaban J connectivity index is 1.32. The van der Waals surface area contributed by atoms with Gasteiger partial charge in [0.05, 0.1) is 21.0 Å². The molecule has 9 heteroatoms. The number of ether oxygens (including phenoxy) is 1. The Morgan fingerprint density at radius 1 is 1.14 bits per heavy atom. The summed E-state index contributed by atoms with van der Waals surface area (Å²) in [5, 5.41) is 4.10. The molecule has 35 heavy (non-hydrogen) atoms. The van der Waals surface area contributed by atoms with Gasteiger partial charge in [0.25, 0.3) is 5.91 Å². The minimum absolute atomic E-state index is 0.107. The second-order valence-electron chi connectivity index (χ2n) is 9.15. The van der Waals surface area contributed by atoms with Crippen LogP contribution >= 0.6 is 23.2 Å². The van der Waals surface area contributed by atoms with Crippen molar-refractivity contribution in [1.29, 1.82) is 0 Å². The van der Waals surface area contributed by atoms with E-state index in [4.69, 9.17) is 27.9 Å². The quantitative estimate of drug-likeness (QED) is 0.515. The van der Waals surface area contributed by atoms with E-state index in [1.54, 1.807) is 36.2 Å². The van der Waals surface area contributed by atoms with Crippen LogP contribution in [0.2, 0.25) is 10.0 Å². The van der Waals surface area contributed by atoms with E-state index in [0.29, 0.717) is 49.3 Å². The number of rotatable bonds is 4. The van der Waals surface area contributed by atoms with Crippen molar-refractivity contribution in [3.63, 3.8) is 0 Å². The molecule has 2 saturated heterocycles. The molecule has 6 nitrogen and oxygen atoms in total. The second kappa shape index (κ2) is 9.28. The maximum Gasteiger partial charge on any atom is 0.263 e. The van der Waals surface area contributed by atoms with Gasteiger partial charge in [-0.2, -0.15) is 0 Å². The fourth-order valence-electron chi connectivity index (χ4n) is 5.08. The molecule has 0 bridgehead atoms. The minimum atomic E-state index is -0.692. The number of aromatic nitrogens is 1. The van der Waals surface area contributed by atoms with Crippen LogP contribution in [0.1, 0.15) is 26.2 Å². The van der Waals surface area contributed by atoms with Crippen LogP contribution in [0.3, 0.4) is 0 Å². The standard InChI is InChI=1S/C26H24Cl2FN3O3/c1-15(24(33)32-10-6-26(7-11-32)5-9-31-25(26)34)35-17-2-3-18-19(4-8-30-22(18)14-17)23-20(27)12-16(29)13-21(23)28/h2-4,8,12-15H,5-7,9-11H2,1H3,(H,31,34)/t15-/m1/s1. The summed E-state index contributed by atoms with van der Waals surface area (Å²) in [5.74, 6) is -0.000124. The molecule has 1 atom stereocenters. The highest BCUT2D eigenvalue weighted by Crippen LogP contribution is 2.40. The molecule has 0 unspecified atom stereocenters. The number of halogens is 3. The van der Waals surface area contributed by atoms with E-state index in [2.05, 4.69) is 10.3 Å². The van der Waals surface area contributed by atoms with Gasteiger partial charge in [-0.3, -0.25) is 14.6 Å². The maximum absolute atomic E-state index is 13.7. The third-order valence-electron chi connectivity index (χ3n) is 7.05. The second-order valence-corrected chi connectivity index (χ2v) is 9.97. The van der Waals surface area contributed by atoms with Crippen molar-refractivity contribution in [2.24, 2.45) is 5.41 Å². The zero-order valence-corrected chi connectivity index (χ0v) is 20.6. The van der Waals surface area contributed by atoms with Gasteiger partial charge < -0.3 is 15.0 Å². The van der Waals surface area contributed by atoms with Crippen LogP contribution in [0.15, 0.2) is 42.6 Å². The number of hydrogen-bond donors (Lipinski definition) is 1. The molecular formula is C26H24Cl2FN3O3. The number of carbonyl (C=O) groups excluding carboxylic acids is 2. The van der Waals surface area contributed by atoms with Crippen LogP contribution in [-0.2, 0) is 9.59 Å². The molecule has 3 heterocycles. The average molecular weight is 516 g/mol. The van der Waals surface area contributed by atoms with Gasteiger partial charge in [-0.15, -0.1) is 0 Å². The van der Waals surface area contributed by atoms with Gasteiger partial charge >= 0.3 is 0 Å². The number of nitrogens with one attached hydrogen (secondary N) is 1. The monoisotopic (exact) mass is 515 g/mol. The van der Waals surface area contributed by atoms with Gasteiger partial charge in [-0.05, 0) is 62.1 Å². The molecular weight excluding hydrogens is 492 g/mol. The first-order valence-electron chi connectivity index (χ1n) is 11.5. The maximum atomic E-state index is 13.7. The largest absolute Gasteiger partial charge is 0.481 e. The lowest BCUT2D eigenvalue weighted by Crippen LogP contribution is -2.49. The van der Waals surface area contributed by atoms with Crippen molar-refractivity contribution >= 4 is 45.9 Å². The highest BCUT2D eigenvalue weighted by Gasteiger charge is 2.45. The molecule has 1 spiro atoms. The van der Waals surface area contributed by atoms with Crippen LogP contribution in [-0.4, -0.2) is 47.4 Å². The topological polar surface area (TPSA) is 71.5 Å².